The van der Waals surface area contributed by atoms with Crippen molar-refractivity contribution in [2.24, 2.45) is 0 Å². The molecule has 2 rings (SSSR count). The van der Waals surface area contributed by atoms with Gasteiger partial charge in [-0.05, 0) is 23.8 Å². The van der Waals surface area contributed by atoms with Crippen molar-refractivity contribution in [1.29, 1.82) is 0 Å². The van der Waals surface area contributed by atoms with Crippen LogP contribution < -0.4 is 10.2 Å². The minimum Gasteiger partial charge on any atom is -0.490 e. The first-order valence-corrected chi connectivity index (χ1v) is 5.35. The van der Waals surface area contributed by atoms with Crippen LogP contribution in [0.15, 0.2) is 48.5 Å². The van der Waals surface area contributed by atoms with E-state index in [2.05, 4.69) is 0 Å². The van der Waals surface area contributed by atoms with Crippen LogP contribution in [0.3, 0.4) is 0 Å². The quantitative estimate of drug-likeness (QED) is 0.734. The molecule has 0 spiro atoms. The fraction of sp³-hybridized carbons (Fsp3) is 0.0769. The van der Waals surface area contributed by atoms with Gasteiger partial charge >= 0.3 is 0 Å². The van der Waals surface area contributed by atoms with Crippen LogP contribution in [0.4, 0.5) is 0 Å². The number of rotatable bonds is 3. The summed E-state index contributed by atoms with van der Waals surface area (Å²) in [5, 5.41) is 0.615. The Morgan fingerprint density at radius 1 is 1.06 bits per heavy atom. The molecule has 0 atom stereocenters. The van der Waals surface area contributed by atoms with Crippen LogP contribution in [0.1, 0.15) is 5.56 Å². The third-order valence-corrected chi connectivity index (χ3v) is 2.44. The van der Waals surface area contributed by atoms with Gasteiger partial charge in [0.15, 0.2) is 0 Å². The van der Waals surface area contributed by atoms with Gasteiger partial charge in [-0.2, -0.15) is 0 Å². The molecule has 2 aromatic rings. The lowest BCUT2D eigenvalue weighted by Gasteiger charge is -2.09. The molecule has 0 aliphatic heterocycles. The van der Waals surface area contributed by atoms with Gasteiger partial charge in [-0.3, -0.25) is 0 Å². The van der Waals surface area contributed by atoms with Gasteiger partial charge in [0.05, 0.1) is 0 Å². The second-order valence-corrected chi connectivity index (χ2v) is 3.89. The smallest absolute Gasteiger partial charge is 0.119 e. The molecule has 1 nitrogen and oxygen atoms in total. The first-order valence-electron chi connectivity index (χ1n) is 4.97. The summed E-state index contributed by atoms with van der Waals surface area (Å²) in [6, 6.07) is 15.2. The van der Waals surface area contributed by atoms with E-state index in [0.29, 0.717) is 22.8 Å². The average molecular weight is 228 g/mol. The SMILES string of the molecule is [B]c1cc(Cl)ccc1OCc1ccccc1. The molecule has 78 valence electrons. The highest BCUT2D eigenvalue weighted by Crippen LogP contribution is 2.14. The molecular weight excluding hydrogens is 218 g/mol. The Balaban J connectivity index is 2.05. The second-order valence-electron chi connectivity index (χ2n) is 3.46. The molecule has 2 aromatic carbocycles. The van der Waals surface area contributed by atoms with Crippen molar-refractivity contribution in [2.45, 2.75) is 6.61 Å². The Hall–Kier alpha value is -1.41. The molecule has 0 amide bonds. The molecular formula is C13H10BClO. The maximum atomic E-state index is 5.80. The number of halogens is 1. The van der Waals surface area contributed by atoms with E-state index in [9.17, 15) is 0 Å². The third-order valence-electron chi connectivity index (χ3n) is 2.21. The van der Waals surface area contributed by atoms with E-state index >= 15 is 0 Å². The van der Waals surface area contributed by atoms with Crippen molar-refractivity contribution < 1.29 is 4.74 Å². The molecule has 0 unspecified atom stereocenters. The molecule has 16 heavy (non-hydrogen) atoms. The summed E-state index contributed by atoms with van der Waals surface area (Å²) in [6.07, 6.45) is 0. The van der Waals surface area contributed by atoms with Crippen molar-refractivity contribution >= 4 is 24.9 Å². The molecule has 0 N–H and O–H groups in total. The summed E-state index contributed by atoms with van der Waals surface area (Å²) < 4.78 is 5.59. The summed E-state index contributed by atoms with van der Waals surface area (Å²) in [5.41, 5.74) is 1.67. The molecule has 3 heteroatoms. The first kappa shape index (κ1) is 11.1. The second kappa shape index (κ2) is 5.08. The summed E-state index contributed by atoms with van der Waals surface area (Å²) >= 11 is 5.80. The summed E-state index contributed by atoms with van der Waals surface area (Å²) in [6.45, 7) is 0.507. The number of hydrogen-bond donors (Lipinski definition) is 0. The van der Waals surface area contributed by atoms with Gasteiger partial charge in [-0.25, -0.2) is 0 Å². The van der Waals surface area contributed by atoms with Gasteiger partial charge in [0.2, 0.25) is 0 Å². The lowest BCUT2D eigenvalue weighted by Crippen LogP contribution is -2.08. The van der Waals surface area contributed by atoms with E-state index in [1.807, 2.05) is 30.3 Å². The van der Waals surface area contributed by atoms with Gasteiger partial charge in [0.25, 0.3) is 0 Å². The normalized spacial score (nSPS) is 10.1. The molecule has 0 bridgehead atoms. The lowest BCUT2D eigenvalue weighted by atomic mass is 9.95. The Bertz CT molecular complexity index is 471. The van der Waals surface area contributed by atoms with Crippen molar-refractivity contribution in [1.82, 2.24) is 0 Å². The van der Waals surface area contributed by atoms with Crippen molar-refractivity contribution in [3.05, 3.63) is 59.1 Å². The van der Waals surface area contributed by atoms with E-state index in [1.54, 1.807) is 18.2 Å². The van der Waals surface area contributed by atoms with E-state index in [-0.39, 0.29) is 0 Å². The topological polar surface area (TPSA) is 9.23 Å². The molecule has 0 aromatic heterocycles. The molecule has 0 aliphatic rings. The monoisotopic (exact) mass is 228 g/mol. The van der Waals surface area contributed by atoms with Crippen molar-refractivity contribution in [2.75, 3.05) is 0 Å². The molecule has 2 radical (unpaired) electrons. The third kappa shape index (κ3) is 2.80. The first-order chi connectivity index (χ1) is 7.75. The molecule has 0 saturated heterocycles. The van der Waals surface area contributed by atoms with E-state index < -0.39 is 0 Å². The number of hydrogen-bond acceptors (Lipinski definition) is 1. The van der Waals surface area contributed by atoms with Crippen molar-refractivity contribution in [3.63, 3.8) is 0 Å². The largest absolute Gasteiger partial charge is 0.490 e. The van der Waals surface area contributed by atoms with Crippen molar-refractivity contribution in [3.8, 4) is 5.75 Å². The van der Waals surface area contributed by atoms with E-state index in [0.717, 1.165) is 5.56 Å². The standard InChI is InChI=1S/C13H10BClO/c14-12-8-11(15)6-7-13(12)16-9-10-4-2-1-3-5-10/h1-8H,9H2. The zero-order chi connectivity index (χ0) is 11.4. The van der Waals surface area contributed by atoms with Gasteiger partial charge in [0, 0.05) is 5.02 Å². The fourth-order valence-corrected chi connectivity index (χ4v) is 1.57. The number of ether oxygens (including phenoxy) is 1. The number of benzene rings is 2. The Morgan fingerprint density at radius 3 is 2.50 bits per heavy atom. The van der Waals surface area contributed by atoms with E-state index in [1.165, 1.54) is 0 Å². The zero-order valence-electron chi connectivity index (χ0n) is 8.69. The van der Waals surface area contributed by atoms with Crippen LogP contribution in [0, 0.1) is 0 Å². The highest BCUT2D eigenvalue weighted by molar-refractivity contribution is 6.37. The molecule has 0 saturated carbocycles. The van der Waals surface area contributed by atoms with Crippen LogP contribution in [-0.4, -0.2) is 7.85 Å². The van der Waals surface area contributed by atoms with Crippen LogP contribution in [0.2, 0.25) is 5.02 Å². The predicted molar refractivity (Wildman–Crippen MR) is 67.6 cm³/mol. The minimum atomic E-state index is 0.507. The summed E-state index contributed by atoms with van der Waals surface area (Å²) in [7, 11) is 5.78. The molecule has 0 aliphatic carbocycles. The highest BCUT2D eigenvalue weighted by atomic mass is 35.5. The zero-order valence-corrected chi connectivity index (χ0v) is 9.45. The van der Waals surface area contributed by atoms with Crippen LogP contribution >= 0.6 is 11.6 Å². The molecule has 0 heterocycles. The molecule has 0 fully saturated rings. The van der Waals surface area contributed by atoms with Gasteiger partial charge in [0.1, 0.15) is 20.2 Å². The van der Waals surface area contributed by atoms with Crippen LogP contribution in [0.25, 0.3) is 0 Å². The Labute approximate surface area is 101 Å². The maximum absolute atomic E-state index is 5.80. The van der Waals surface area contributed by atoms with E-state index in [4.69, 9.17) is 24.2 Å². The Morgan fingerprint density at radius 2 is 1.81 bits per heavy atom. The van der Waals surface area contributed by atoms with Crippen LogP contribution in [-0.2, 0) is 6.61 Å². The van der Waals surface area contributed by atoms with Gasteiger partial charge in [-0.15, -0.1) is 0 Å². The van der Waals surface area contributed by atoms with Gasteiger partial charge in [-0.1, -0.05) is 47.4 Å². The highest BCUT2D eigenvalue weighted by Gasteiger charge is 2.00. The van der Waals surface area contributed by atoms with Crippen LogP contribution in [0.5, 0.6) is 5.75 Å². The summed E-state index contributed by atoms with van der Waals surface area (Å²) in [4.78, 5) is 0. The minimum absolute atomic E-state index is 0.507. The lowest BCUT2D eigenvalue weighted by molar-refractivity contribution is 0.309. The van der Waals surface area contributed by atoms with Gasteiger partial charge < -0.3 is 4.74 Å². The maximum Gasteiger partial charge on any atom is 0.119 e. The predicted octanol–water partition coefficient (Wildman–Crippen LogP) is 2.71. The average Bonchev–Trinajstić information content (AvgIpc) is 2.29. The Kier molecular flexibility index (Phi) is 3.52. The summed E-state index contributed by atoms with van der Waals surface area (Å²) in [5.74, 6) is 0.660. The fourth-order valence-electron chi connectivity index (χ4n) is 1.39.